The summed E-state index contributed by atoms with van der Waals surface area (Å²) in [6, 6.07) is 26.0. The molecule has 1 unspecified atom stereocenters. The minimum atomic E-state index is -0.857. The average Bonchev–Trinajstić information content (AvgIpc) is 3.10. The van der Waals surface area contributed by atoms with Gasteiger partial charge in [0.2, 0.25) is 0 Å². The van der Waals surface area contributed by atoms with Gasteiger partial charge >= 0.3 is 6.09 Å². The molecular formula is C25H25NO3. The second-order valence-electron chi connectivity index (χ2n) is 7.41. The van der Waals surface area contributed by atoms with Crippen molar-refractivity contribution in [2.45, 2.75) is 24.8 Å². The molecule has 4 nitrogen and oxygen atoms in total. The Morgan fingerprint density at radius 3 is 2.03 bits per heavy atom. The van der Waals surface area contributed by atoms with Gasteiger partial charge < -0.3 is 15.2 Å². The summed E-state index contributed by atoms with van der Waals surface area (Å²) in [5.41, 5.74) is 4.74. The summed E-state index contributed by atoms with van der Waals surface area (Å²) >= 11 is 0. The lowest BCUT2D eigenvalue weighted by Crippen LogP contribution is -2.48. The van der Waals surface area contributed by atoms with Crippen LogP contribution in [0.1, 0.15) is 36.0 Å². The van der Waals surface area contributed by atoms with E-state index in [1.807, 2.05) is 61.5 Å². The number of carbonyl (C=O) groups is 1. The third-order valence-electron chi connectivity index (χ3n) is 5.88. The summed E-state index contributed by atoms with van der Waals surface area (Å²) in [6.45, 7) is 1.99. The van der Waals surface area contributed by atoms with Crippen molar-refractivity contribution in [1.29, 1.82) is 0 Å². The molecule has 3 aromatic rings. The number of nitrogens with one attached hydrogen (secondary N) is 1. The Morgan fingerprint density at radius 2 is 1.48 bits per heavy atom. The standard InChI is InChI=1S/C25H25NO3/c1-2-25(17-27,18-10-4-3-5-11-18)26-24(28)29-16-23-21-14-8-6-12-19(21)20-13-7-9-15-22(20)23/h3-15,23,27H,2,16-17H2,1H3,(H,26,28). The van der Waals surface area contributed by atoms with Crippen LogP contribution in [0.15, 0.2) is 78.9 Å². The van der Waals surface area contributed by atoms with Gasteiger partial charge in [0, 0.05) is 5.92 Å². The number of benzene rings is 3. The van der Waals surface area contributed by atoms with E-state index in [2.05, 4.69) is 29.6 Å². The van der Waals surface area contributed by atoms with Crippen LogP contribution in [0.3, 0.4) is 0 Å². The fourth-order valence-corrected chi connectivity index (χ4v) is 4.19. The zero-order valence-electron chi connectivity index (χ0n) is 16.5. The molecule has 0 spiro atoms. The molecule has 0 heterocycles. The van der Waals surface area contributed by atoms with Gasteiger partial charge in [0.1, 0.15) is 6.61 Å². The van der Waals surface area contributed by atoms with E-state index < -0.39 is 11.6 Å². The zero-order valence-corrected chi connectivity index (χ0v) is 16.5. The SMILES string of the molecule is CCC(CO)(NC(=O)OCC1c2ccccc2-c2ccccc21)c1ccccc1. The van der Waals surface area contributed by atoms with Gasteiger partial charge in [-0.2, -0.15) is 0 Å². The third kappa shape index (κ3) is 3.52. The fraction of sp³-hybridized carbons (Fsp3) is 0.240. The molecule has 0 aliphatic heterocycles. The molecule has 0 aromatic heterocycles. The Balaban J connectivity index is 1.51. The Bertz CT molecular complexity index is 950. The first-order valence-corrected chi connectivity index (χ1v) is 9.98. The van der Waals surface area contributed by atoms with Crippen molar-refractivity contribution < 1.29 is 14.6 Å². The van der Waals surface area contributed by atoms with Crippen LogP contribution in [0.4, 0.5) is 4.79 Å². The number of amides is 1. The van der Waals surface area contributed by atoms with Gasteiger partial charge in [-0.25, -0.2) is 4.79 Å². The zero-order chi connectivity index (χ0) is 20.3. The van der Waals surface area contributed by atoms with Gasteiger partial charge in [-0.05, 0) is 34.2 Å². The smallest absolute Gasteiger partial charge is 0.407 e. The number of carbonyl (C=O) groups excluding carboxylic acids is 1. The number of hydrogen-bond acceptors (Lipinski definition) is 3. The summed E-state index contributed by atoms with van der Waals surface area (Å²) in [5, 5.41) is 13.0. The predicted molar refractivity (Wildman–Crippen MR) is 114 cm³/mol. The third-order valence-corrected chi connectivity index (χ3v) is 5.88. The number of rotatable bonds is 6. The van der Waals surface area contributed by atoms with Crippen molar-refractivity contribution in [3.8, 4) is 11.1 Å². The molecule has 2 N–H and O–H groups in total. The van der Waals surface area contributed by atoms with Gasteiger partial charge in [0.25, 0.3) is 0 Å². The lowest BCUT2D eigenvalue weighted by Gasteiger charge is -2.32. The van der Waals surface area contributed by atoms with Crippen molar-refractivity contribution in [3.63, 3.8) is 0 Å². The number of hydrogen-bond donors (Lipinski definition) is 2. The highest BCUT2D eigenvalue weighted by atomic mass is 16.5. The monoisotopic (exact) mass is 387 g/mol. The highest BCUT2D eigenvalue weighted by molar-refractivity contribution is 5.79. The van der Waals surface area contributed by atoms with Crippen molar-refractivity contribution in [2.24, 2.45) is 0 Å². The first kappa shape index (κ1) is 19.2. The fourth-order valence-electron chi connectivity index (χ4n) is 4.19. The van der Waals surface area contributed by atoms with Gasteiger partial charge in [-0.1, -0.05) is 85.8 Å². The topological polar surface area (TPSA) is 58.6 Å². The van der Waals surface area contributed by atoms with E-state index in [4.69, 9.17) is 4.74 Å². The number of aliphatic hydroxyl groups is 1. The summed E-state index contributed by atoms with van der Waals surface area (Å²) < 4.78 is 5.66. The average molecular weight is 387 g/mol. The predicted octanol–water partition coefficient (Wildman–Crippen LogP) is 4.82. The van der Waals surface area contributed by atoms with E-state index in [1.165, 1.54) is 22.3 Å². The molecule has 1 aliphatic carbocycles. The van der Waals surface area contributed by atoms with Crippen LogP contribution < -0.4 is 5.32 Å². The summed E-state index contributed by atoms with van der Waals surface area (Å²) in [6.07, 6.45) is 0.0316. The first-order chi connectivity index (χ1) is 14.2. The Labute approximate surface area is 171 Å². The van der Waals surface area contributed by atoms with Crippen molar-refractivity contribution in [2.75, 3.05) is 13.2 Å². The first-order valence-electron chi connectivity index (χ1n) is 9.98. The highest BCUT2D eigenvalue weighted by Gasteiger charge is 2.33. The highest BCUT2D eigenvalue weighted by Crippen LogP contribution is 2.44. The largest absolute Gasteiger partial charge is 0.449 e. The van der Waals surface area contributed by atoms with Crippen LogP contribution in [-0.2, 0) is 10.3 Å². The Kier molecular flexibility index (Phi) is 5.36. The molecule has 4 heteroatoms. The molecule has 1 amide bonds. The number of fused-ring (bicyclic) bond motifs is 3. The quantitative estimate of drug-likeness (QED) is 0.637. The van der Waals surface area contributed by atoms with Gasteiger partial charge in [0.15, 0.2) is 0 Å². The van der Waals surface area contributed by atoms with E-state index in [0.717, 1.165) is 5.56 Å². The summed E-state index contributed by atoms with van der Waals surface area (Å²) in [4.78, 5) is 12.7. The van der Waals surface area contributed by atoms with Gasteiger partial charge in [0.05, 0.1) is 12.1 Å². The normalized spacial score (nSPS) is 14.6. The minimum Gasteiger partial charge on any atom is -0.449 e. The van der Waals surface area contributed by atoms with Crippen molar-refractivity contribution in [3.05, 3.63) is 95.6 Å². The lowest BCUT2D eigenvalue weighted by molar-refractivity contribution is 0.106. The maximum absolute atomic E-state index is 12.7. The molecule has 1 aliphatic rings. The van der Waals surface area contributed by atoms with Crippen molar-refractivity contribution in [1.82, 2.24) is 5.32 Å². The van der Waals surface area contributed by atoms with Crippen LogP contribution in [-0.4, -0.2) is 24.4 Å². The Hall–Kier alpha value is -3.11. The van der Waals surface area contributed by atoms with E-state index in [9.17, 15) is 9.90 Å². The van der Waals surface area contributed by atoms with Gasteiger partial charge in [-0.3, -0.25) is 0 Å². The molecular weight excluding hydrogens is 362 g/mol. The minimum absolute atomic E-state index is 0.00929. The molecule has 0 saturated carbocycles. The summed E-state index contributed by atoms with van der Waals surface area (Å²) in [7, 11) is 0. The molecule has 0 saturated heterocycles. The van der Waals surface area contributed by atoms with Crippen LogP contribution in [0.25, 0.3) is 11.1 Å². The lowest BCUT2D eigenvalue weighted by atomic mass is 9.88. The van der Waals surface area contributed by atoms with E-state index in [1.54, 1.807) is 0 Å². The maximum Gasteiger partial charge on any atom is 0.407 e. The van der Waals surface area contributed by atoms with E-state index >= 15 is 0 Å². The molecule has 148 valence electrons. The molecule has 29 heavy (non-hydrogen) atoms. The molecule has 0 fully saturated rings. The van der Waals surface area contributed by atoms with E-state index in [-0.39, 0.29) is 19.1 Å². The van der Waals surface area contributed by atoms with Crippen LogP contribution in [0, 0.1) is 0 Å². The van der Waals surface area contributed by atoms with Crippen LogP contribution in [0.2, 0.25) is 0 Å². The van der Waals surface area contributed by atoms with Crippen LogP contribution >= 0.6 is 0 Å². The van der Waals surface area contributed by atoms with Crippen molar-refractivity contribution >= 4 is 6.09 Å². The van der Waals surface area contributed by atoms with Gasteiger partial charge in [-0.15, -0.1) is 0 Å². The van der Waals surface area contributed by atoms with Crippen LogP contribution in [0.5, 0.6) is 0 Å². The Morgan fingerprint density at radius 1 is 0.931 bits per heavy atom. The maximum atomic E-state index is 12.7. The molecule has 4 rings (SSSR count). The molecule has 0 bridgehead atoms. The second-order valence-corrected chi connectivity index (χ2v) is 7.41. The number of ether oxygens (including phenoxy) is 1. The number of aliphatic hydroxyl groups excluding tert-OH is 1. The number of alkyl carbamates (subject to hydrolysis) is 1. The molecule has 0 radical (unpaired) electrons. The summed E-state index contributed by atoms with van der Waals surface area (Å²) in [5.74, 6) is 0.00929. The molecule has 1 atom stereocenters. The second kappa shape index (κ2) is 8.10. The molecule has 3 aromatic carbocycles. The van der Waals surface area contributed by atoms with E-state index in [0.29, 0.717) is 6.42 Å².